The number of aliphatic hydroxyl groups is 1. The van der Waals surface area contributed by atoms with Gasteiger partial charge in [-0.05, 0) is 62.7 Å². The largest absolute Gasteiger partial charge is 0.390 e. The van der Waals surface area contributed by atoms with E-state index >= 15 is 0 Å². The molecule has 0 spiro atoms. The summed E-state index contributed by atoms with van der Waals surface area (Å²) in [5.74, 6) is 1.18. The van der Waals surface area contributed by atoms with Crippen molar-refractivity contribution in [3.8, 4) is 0 Å². The predicted octanol–water partition coefficient (Wildman–Crippen LogP) is 4.87. The highest BCUT2D eigenvalue weighted by Crippen LogP contribution is 2.61. The zero-order valence-electron chi connectivity index (χ0n) is 13.4. The Morgan fingerprint density at radius 2 is 1.95 bits per heavy atom. The minimum Gasteiger partial charge on any atom is -0.390 e. The van der Waals surface area contributed by atoms with Crippen molar-refractivity contribution in [3.63, 3.8) is 0 Å². The van der Waals surface area contributed by atoms with Crippen molar-refractivity contribution in [2.75, 3.05) is 0 Å². The molecule has 5 atom stereocenters. The van der Waals surface area contributed by atoms with Gasteiger partial charge in [0.05, 0.1) is 5.60 Å². The lowest BCUT2D eigenvalue weighted by Gasteiger charge is -2.58. The third-order valence-corrected chi connectivity index (χ3v) is 6.86. The molecule has 1 N–H and O–H groups in total. The Hall–Kier alpha value is -0.560. The first-order valence-electron chi connectivity index (χ1n) is 8.38. The predicted molar refractivity (Wildman–Crippen MR) is 84.4 cm³/mol. The lowest BCUT2D eigenvalue weighted by atomic mass is 9.48. The molecule has 0 heterocycles. The number of fused-ring (bicyclic) bond motifs is 3. The highest BCUT2D eigenvalue weighted by atomic mass is 16.3. The summed E-state index contributed by atoms with van der Waals surface area (Å²) in [7, 11) is 0. The molecule has 2 saturated carbocycles. The van der Waals surface area contributed by atoms with Crippen LogP contribution in [0.1, 0.15) is 65.7 Å². The van der Waals surface area contributed by atoms with Gasteiger partial charge in [-0.3, -0.25) is 0 Å². The van der Waals surface area contributed by atoms with Crippen LogP contribution in [0.25, 0.3) is 0 Å². The number of allylic oxidation sites excluding steroid dienone is 3. The maximum Gasteiger partial charge on any atom is 0.0653 e. The van der Waals surface area contributed by atoms with Gasteiger partial charge in [-0.1, -0.05) is 38.0 Å². The topological polar surface area (TPSA) is 20.2 Å². The van der Waals surface area contributed by atoms with E-state index in [9.17, 15) is 5.11 Å². The summed E-state index contributed by atoms with van der Waals surface area (Å²) >= 11 is 0. The molecule has 0 radical (unpaired) electrons. The Morgan fingerprint density at radius 1 is 1.20 bits per heavy atom. The molecule has 1 nitrogen and oxygen atoms in total. The molecule has 0 amide bonds. The molecular formula is C19H30O. The summed E-state index contributed by atoms with van der Waals surface area (Å²) in [5.41, 5.74) is 1.73. The molecule has 20 heavy (non-hydrogen) atoms. The van der Waals surface area contributed by atoms with Crippen molar-refractivity contribution in [2.24, 2.45) is 22.7 Å². The van der Waals surface area contributed by atoms with E-state index in [2.05, 4.69) is 39.5 Å². The molecule has 0 aromatic carbocycles. The normalized spacial score (nSPS) is 51.7. The third kappa shape index (κ3) is 2.01. The summed E-state index contributed by atoms with van der Waals surface area (Å²) in [6.07, 6.45) is 12.9. The van der Waals surface area contributed by atoms with Crippen LogP contribution in [0.15, 0.2) is 24.3 Å². The van der Waals surface area contributed by atoms with Crippen LogP contribution >= 0.6 is 0 Å². The zero-order valence-corrected chi connectivity index (χ0v) is 13.4. The molecule has 0 bridgehead atoms. The van der Waals surface area contributed by atoms with Crippen molar-refractivity contribution < 1.29 is 5.11 Å². The Morgan fingerprint density at radius 3 is 2.65 bits per heavy atom. The van der Waals surface area contributed by atoms with Crippen molar-refractivity contribution in [2.45, 2.75) is 71.3 Å². The second-order valence-corrected chi connectivity index (χ2v) is 8.33. The number of hydrogen-bond donors (Lipinski definition) is 1. The van der Waals surface area contributed by atoms with Crippen LogP contribution in [0.3, 0.4) is 0 Å². The molecule has 0 unspecified atom stereocenters. The first kappa shape index (κ1) is 14.4. The van der Waals surface area contributed by atoms with Crippen molar-refractivity contribution in [1.82, 2.24) is 0 Å². The van der Waals surface area contributed by atoms with Crippen LogP contribution in [0.5, 0.6) is 0 Å². The van der Waals surface area contributed by atoms with Crippen LogP contribution in [0.2, 0.25) is 0 Å². The summed E-state index contributed by atoms with van der Waals surface area (Å²) in [6, 6.07) is 0. The number of rotatable bonds is 1. The lowest BCUT2D eigenvalue weighted by molar-refractivity contribution is -0.127. The molecule has 0 saturated heterocycles. The lowest BCUT2D eigenvalue weighted by Crippen LogP contribution is -2.54. The van der Waals surface area contributed by atoms with E-state index in [0.29, 0.717) is 17.3 Å². The van der Waals surface area contributed by atoms with Gasteiger partial charge in [0.15, 0.2) is 0 Å². The molecule has 0 aromatic heterocycles. The average molecular weight is 274 g/mol. The van der Waals surface area contributed by atoms with Gasteiger partial charge in [0.2, 0.25) is 0 Å². The maximum atomic E-state index is 10.8. The summed E-state index contributed by atoms with van der Waals surface area (Å²) in [6.45, 7) is 10.9. The average Bonchev–Trinajstić information content (AvgIpc) is 2.37. The Labute approximate surface area is 124 Å². The van der Waals surface area contributed by atoms with Crippen molar-refractivity contribution in [3.05, 3.63) is 24.3 Å². The monoisotopic (exact) mass is 274 g/mol. The van der Waals surface area contributed by atoms with Crippen LogP contribution in [-0.4, -0.2) is 10.7 Å². The quantitative estimate of drug-likeness (QED) is 0.677. The molecule has 2 fully saturated rings. The first-order valence-corrected chi connectivity index (χ1v) is 8.38. The Kier molecular flexibility index (Phi) is 3.21. The van der Waals surface area contributed by atoms with Gasteiger partial charge < -0.3 is 5.11 Å². The maximum absolute atomic E-state index is 10.8. The van der Waals surface area contributed by atoms with Crippen LogP contribution < -0.4 is 0 Å². The van der Waals surface area contributed by atoms with E-state index < -0.39 is 5.60 Å². The molecule has 0 aliphatic heterocycles. The van der Waals surface area contributed by atoms with Gasteiger partial charge in [-0.15, -0.1) is 6.58 Å². The van der Waals surface area contributed by atoms with Crippen molar-refractivity contribution >= 4 is 0 Å². The zero-order chi connectivity index (χ0) is 14.6. The highest BCUT2D eigenvalue weighted by molar-refractivity contribution is 5.26. The van der Waals surface area contributed by atoms with Gasteiger partial charge >= 0.3 is 0 Å². The summed E-state index contributed by atoms with van der Waals surface area (Å²) < 4.78 is 0. The smallest absolute Gasteiger partial charge is 0.0653 e. The third-order valence-electron chi connectivity index (χ3n) is 6.86. The fourth-order valence-corrected chi connectivity index (χ4v) is 5.65. The van der Waals surface area contributed by atoms with Gasteiger partial charge in [0.1, 0.15) is 0 Å². The minimum absolute atomic E-state index is 0.201. The summed E-state index contributed by atoms with van der Waals surface area (Å²) in [5, 5.41) is 10.8. The van der Waals surface area contributed by atoms with Gasteiger partial charge in [0.25, 0.3) is 0 Å². The fraction of sp³-hybridized carbons (Fsp3) is 0.789. The van der Waals surface area contributed by atoms with Crippen LogP contribution in [0, 0.1) is 22.7 Å². The molecular weight excluding hydrogens is 244 g/mol. The number of hydrogen-bond acceptors (Lipinski definition) is 1. The molecule has 0 aromatic rings. The molecule has 1 heteroatoms. The second-order valence-electron chi connectivity index (χ2n) is 8.33. The minimum atomic E-state index is -0.447. The molecule has 112 valence electrons. The van der Waals surface area contributed by atoms with E-state index in [1.807, 2.05) is 0 Å². The van der Waals surface area contributed by atoms with E-state index in [-0.39, 0.29) is 5.41 Å². The highest BCUT2D eigenvalue weighted by Gasteiger charge is 2.55. The van der Waals surface area contributed by atoms with E-state index in [4.69, 9.17) is 0 Å². The van der Waals surface area contributed by atoms with Gasteiger partial charge in [-0.2, -0.15) is 0 Å². The Balaban J connectivity index is 1.97. The standard InChI is InChI=1S/C19H30O/c1-5-17(2)12-9-15-14(13-17)7-8-16-18(15,3)10-6-11-19(16,4)20/h5,13,15-16,20H,1,6-12H2,2-4H3/t15-,16+,17-,18+,19+/m0/s1. The SMILES string of the molecule is C=C[C@]1(C)C=C2CC[C@@H]3[C@](C)(CCC[C@@]3(C)O)[C@H]2CC1. The van der Waals surface area contributed by atoms with E-state index in [0.717, 1.165) is 6.42 Å². The summed E-state index contributed by atoms with van der Waals surface area (Å²) in [4.78, 5) is 0. The Bertz CT molecular complexity index is 447. The van der Waals surface area contributed by atoms with Crippen LogP contribution in [-0.2, 0) is 0 Å². The fourth-order valence-electron chi connectivity index (χ4n) is 5.65. The second kappa shape index (κ2) is 4.47. The van der Waals surface area contributed by atoms with E-state index in [1.165, 1.54) is 38.5 Å². The van der Waals surface area contributed by atoms with Crippen molar-refractivity contribution in [1.29, 1.82) is 0 Å². The van der Waals surface area contributed by atoms with Gasteiger partial charge in [-0.25, -0.2) is 0 Å². The van der Waals surface area contributed by atoms with Gasteiger partial charge in [0, 0.05) is 5.41 Å². The first-order chi connectivity index (χ1) is 9.31. The van der Waals surface area contributed by atoms with Crippen LogP contribution in [0.4, 0.5) is 0 Å². The molecule has 3 aliphatic rings. The van der Waals surface area contributed by atoms with E-state index in [1.54, 1.807) is 5.57 Å². The molecule has 3 aliphatic carbocycles. The molecule has 3 rings (SSSR count).